The fourth-order valence-corrected chi connectivity index (χ4v) is 1.81. The Kier molecular flexibility index (Phi) is 4.71. The van der Waals surface area contributed by atoms with Crippen LogP contribution in [0.1, 0.15) is 28.7 Å². The van der Waals surface area contributed by atoms with E-state index in [1.54, 1.807) is 30.6 Å². The maximum Gasteiger partial charge on any atom is 0.251 e. The van der Waals surface area contributed by atoms with Gasteiger partial charge in [-0.1, -0.05) is 0 Å². The van der Waals surface area contributed by atoms with Crippen molar-refractivity contribution >= 4 is 17.3 Å². The molecule has 1 aromatic carbocycles. The summed E-state index contributed by atoms with van der Waals surface area (Å²) >= 11 is 0. The molecular formula is C15H19N5O. The molecule has 2 aromatic rings. The highest BCUT2D eigenvalue weighted by Crippen LogP contribution is 2.20. The topological polar surface area (TPSA) is 92.9 Å². The van der Waals surface area contributed by atoms with Crippen LogP contribution in [0, 0.1) is 6.92 Å². The van der Waals surface area contributed by atoms with Gasteiger partial charge in [-0.25, -0.2) is 0 Å². The second kappa shape index (κ2) is 6.69. The number of benzene rings is 1. The van der Waals surface area contributed by atoms with Crippen molar-refractivity contribution in [1.82, 2.24) is 15.3 Å². The van der Waals surface area contributed by atoms with Gasteiger partial charge in [0.1, 0.15) is 0 Å². The molecule has 0 aliphatic heterocycles. The van der Waals surface area contributed by atoms with E-state index in [1.165, 1.54) is 0 Å². The van der Waals surface area contributed by atoms with Crippen LogP contribution < -0.4 is 16.4 Å². The Balaban J connectivity index is 2.10. The Bertz CT molecular complexity index is 624. The van der Waals surface area contributed by atoms with Gasteiger partial charge in [0.15, 0.2) is 0 Å². The first kappa shape index (κ1) is 14.8. The van der Waals surface area contributed by atoms with Gasteiger partial charge >= 0.3 is 0 Å². The Morgan fingerprint density at radius 1 is 1.29 bits per heavy atom. The monoisotopic (exact) mass is 285 g/mol. The van der Waals surface area contributed by atoms with Crippen molar-refractivity contribution in [1.29, 1.82) is 0 Å². The molecule has 0 radical (unpaired) electrons. The zero-order chi connectivity index (χ0) is 15.2. The lowest BCUT2D eigenvalue weighted by Gasteiger charge is -2.11. The third-order valence-corrected chi connectivity index (χ3v) is 2.95. The van der Waals surface area contributed by atoms with Crippen molar-refractivity contribution in [3.8, 4) is 0 Å². The molecule has 1 aromatic heterocycles. The molecule has 1 heterocycles. The van der Waals surface area contributed by atoms with E-state index in [-0.39, 0.29) is 5.91 Å². The maximum absolute atomic E-state index is 11.8. The van der Waals surface area contributed by atoms with Crippen molar-refractivity contribution in [2.75, 3.05) is 17.6 Å². The first-order valence-corrected chi connectivity index (χ1v) is 6.79. The van der Waals surface area contributed by atoms with Crippen LogP contribution >= 0.6 is 0 Å². The van der Waals surface area contributed by atoms with Crippen LogP contribution in [0.5, 0.6) is 0 Å². The number of nitrogens with two attached hydrogens (primary N) is 1. The zero-order valence-corrected chi connectivity index (χ0v) is 12.2. The summed E-state index contributed by atoms with van der Waals surface area (Å²) in [4.78, 5) is 20.3. The standard InChI is InChI=1S/C15H19N5O/c1-3-17-15(21)11-4-5-13(16)14(6-11)20-9-12-8-18-10(2)7-19-12/h4-8,20H,3,9,16H2,1-2H3,(H,17,21). The lowest BCUT2D eigenvalue weighted by atomic mass is 10.1. The van der Waals surface area contributed by atoms with Gasteiger partial charge in [0.2, 0.25) is 0 Å². The van der Waals surface area contributed by atoms with Crippen LogP contribution in [0.3, 0.4) is 0 Å². The molecule has 4 N–H and O–H groups in total. The number of aromatic nitrogens is 2. The van der Waals surface area contributed by atoms with Gasteiger partial charge in [-0.05, 0) is 32.0 Å². The molecule has 6 nitrogen and oxygen atoms in total. The lowest BCUT2D eigenvalue weighted by molar-refractivity contribution is 0.0956. The minimum Gasteiger partial charge on any atom is -0.397 e. The van der Waals surface area contributed by atoms with Crippen LogP contribution in [0.25, 0.3) is 0 Å². The lowest BCUT2D eigenvalue weighted by Crippen LogP contribution is -2.22. The molecule has 2 rings (SSSR count). The number of amides is 1. The minimum atomic E-state index is -0.115. The quantitative estimate of drug-likeness (QED) is 0.727. The summed E-state index contributed by atoms with van der Waals surface area (Å²) in [7, 11) is 0. The van der Waals surface area contributed by atoms with Gasteiger partial charge in [-0.15, -0.1) is 0 Å². The minimum absolute atomic E-state index is 0.115. The Morgan fingerprint density at radius 2 is 2.10 bits per heavy atom. The van der Waals surface area contributed by atoms with Gasteiger partial charge in [-0.3, -0.25) is 14.8 Å². The van der Waals surface area contributed by atoms with Gasteiger partial charge < -0.3 is 16.4 Å². The summed E-state index contributed by atoms with van der Waals surface area (Å²) in [5.41, 5.74) is 9.47. The Morgan fingerprint density at radius 3 is 2.76 bits per heavy atom. The molecule has 6 heteroatoms. The molecule has 0 aliphatic carbocycles. The van der Waals surface area contributed by atoms with Gasteiger partial charge in [0.25, 0.3) is 5.91 Å². The van der Waals surface area contributed by atoms with E-state index in [0.29, 0.717) is 30.0 Å². The summed E-state index contributed by atoms with van der Waals surface area (Å²) in [6.07, 6.45) is 3.43. The van der Waals surface area contributed by atoms with Crippen LogP contribution in [0.15, 0.2) is 30.6 Å². The molecule has 0 bridgehead atoms. The van der Waals surface area contributed by atoms with E-state index in [0.717, 1.165) is 11.4 Å². The van der Waals surface area contributed by atoms with Gasteiger partial charge in [0.05, 0.1) is 35.5 Å². The molecule has 0 atom stereocenters. The maximum atomic E-state index is 11.8. The largest absolute Gasteiger partial charge is 0.397 e. The highest BCUT2D eigenvalue weighted by Gasteiger charge is 2.07. The third-order valence-electron chi connectivity index (χ3n) is 2.95. The van der Waals surface area contributed by atoms with Crippen molar-refractivity contribution < 1.29 is 4.79 Å². The number of hydrogen-bond donors (Lipinski definition) is 3. The smallest absolute Gasteiger partial charge is 0.251 e. The fourth-order valence-electron chi connectivity index (χ4n) is 1.81. The average Bonchev–Trinajstić information content (AvgIpc) is 2.48. The van der Waals surface area contributed by atoms with E-state index in [2.05, 4.69) is 20.6 Å². The predicted octanol–water partition coefficient (Wildman–Crippen LogP) is 1.73. The summed E-state index contributed by atoms with van der Waals surface area (Å²) in [5.74, 6) is -0.115. The van der Waals surface area contributed by atoms with E-state index < -0.39 is 0 Å². The molecular weight excluding hydrogens is 266 g/mol. The number of aryl methyl sites for hydroxylation is 1. The molecule has 0 unspecified atom stereocenters. The van der Waals surface area contributed by atoms with Gasteiger partial charge in [0, 0.05) is 18.3 Å². The number of nitrogens with one attached hydrogen (secondary N) is 2. The van der Waals surface area contributed by atoms with Crippen molar-refractivity contribution in [2.24, 2.45) is 0 Å². The summed E-state index contributed by atoms with van der Waals surface area (Å²) in [6, 6.07) is 5.16. The number of nitrogens with zero attached hydrogens (tertiary/aromatic N) is 2. The SMILES string of the molecule is CCNC(=O)c1ccc(N)c(NCc2cnc(C)cn2)c1. The fraction of sp³-hybridized carbons (Fsp3) is 0.267. The van der Waals surface area contributed by atoms with Crippen LogP contribution in [0.2, 0.25) is 0 Å². The van der Waals surface area contributed by atoms with Crippen LogP contribution in [-0.2, 0) is 6.54 Å². The molecule has 0 aliphatic rings. The third kappa shape index (κ3) is 3.92. The molecule has 0 fully saturated rings. The van der Waals surface area contributed by atoms with Crippen molar-refractivity contribution in [2.45, 2.75) is 20.4 Å². The molecule has 0 spiro atoms. The number of carbonyl (C=O) groups excluding carboxylic acids is 1. The molecule has 1 amide bonds. The number of hydrogen-bond acceptors (Lipinski definition) is 5. The number of anilines is 2. The number of carbonyl (C=O) groups is 1. The highest BCUT2D eigenvalue weighted by atomic mass is 16.1. The van der Waals surface area contributed by atoms with E-state index in [1.807, 2.05) is 13.8 Å². The van der Waals surface area contributed by atoms with E-state index in [4.69, 9.17) is 5.73 Å². The number of rotatable bonds is 5. The van der Waals surface area contributed by atoms with E-state index >= 15 is 0 Å². The van der Waals surface area contributed by atoms with E-state index in [9.17, 15) is 4.79 Å². The summed E-state index contributed by atoms with van der Waals surface area (Å²) in [6.45, 7) is 4.85. The first-order chi connectivity index (χ1) is 10.1. The highest BCUT2D eigenvalue weighted by molar-refractivity contribution is 5.96. The summed E-state index contributed by atoms with van der Waals surface area (Å²) < 4.78 is 0. The normalized spacial score (nSPS) is 10.2. The first-order valence-electron chi connectivity index (χ1n) is 6.79. The summed E-state index contributed by atoms with van der Waals surface area (Å²) in [5, 5.41) is 5.94. The van der Waals surface area contributed by atoms with Crippen molar-refractivity contribution in [3.05, 3.63) is 47.5 Å². The van der Waals surface area contributed by atoms with Crippen LogP contribution in [0.4, 0.5) is 11.4 Å². The molecule has 110 valence electrons. The number of nitrogen functional groups attached to an aromatic ring is 1. The second-order valence-corrected chi connectivity index (χ2v) is 4.66. The zero-order valence-electron chi connectivity index (χ0n) is 12.2. The Hall–Kier alpha value is -2.63. The molecule has 0 saturated carbocycles. The predicted molar refractivity (Wildman–Crippen MR) is 83.0 cm³/mol. The van der Waals surface area contributed by atoms with Crippen molar-refractivity contribution in [3.63, 3.8) is 0 Å². The Labute approximate surface area is 123 Å². The molecule has 21 heavy (non-hydrogen) atoms. The van der Waals surface area contributed by atoms with Gasteiger partial charge in [-0.2, -0.15) is 0 Å². The molecule has 0 saturated heterocycles. The average molecular weight is 285 g/mol. The second-order valence-electron chi connectivity index (χ2n) is 4.66. The van der Waals surface area contributed by atoms with Crippen LogP contribution in [-0.4, -0.2) is 22.4 Å².